The number of carbonyl (C=O) groups is 1. The molecule has 3 aliphatic rings. The van der Waals surface area contributed by atoms with E-state index in [1.807, 2.05) is 25.7 Å². The van der Waals surface area contributed by atoms with E-state index in [0.29, 0.717) is 12.0 Å². The molecule has 3 aliphatic heterocycles. The number of likely N-dealkylation sites (tertiary alicyclic amines) is 1. The fourth-order valence-electron chi connectivity index (χ4n) is 4.20. The topological polar surface area (TPSA) is 41.6 Å². The third kappa shape index (κ3) is 2.95. The Hall–Kier alpha value is -0.770. The Labute approximate surface area is 122 Å². The van der Waals surface area contributed by atoms with Crippen LogP contribution in [0.2, 0.25) is 0 Å². The second kappa shape index (κ2) is 5.21. The summed E-state index contributed by atoms with van der Waals surface area (Å²) in [6, 6.07) is 1.48. The van der Waals surface area contributed by atoms with E-state index >= 15 is 0 Å². The maximum atomic E-state index is 12.1. The molecular formula is C16H28N2O2. The highest BCUT2D eigenvalue weighted by Gasteiger charge is 2.42. The van der Waals surface area contributed by atoms with Crippen molar-refractivity contribution in [3.63, 3.8) is 0 Å². The van der Waals surface area contributed by atoms with Gasteiger partial charge in [0.05, 0.1) is 0 Å². The van der Waals surface area contributed by atoms with Gasteiger partial charge in [-0.1, -0.05) is 0 Å². The van der Waals surface area contributed by atoms with Crippen LogP contribution in [0.1, 0.15) is 52.9 Å². The molecule has 3 fully saturated rings. The van der Waals surface area contributed by atoms with Gasteiger partial charge in [-0.3, -0.25) is 0 Å². The largest absolute Gasteiger partial charge is 0.444 e. The molecular weight excluding hydrogens is 252 g/mol. The van der Waals surface area contributed by atoms with Crippen molar-refractivity contribution in [1.29, 1.82) is 0 Å². The zero-order valence-electron chi connectivity index (χ0n) is 13.0. The molecule has 2 bridgehead atoms. The number of amides is 1. The lowest BCUT2D eigenvalue weighted by Crippen LogP contribution is -2.44. The third-order valence-corrected chi connectivity index (χ3v) is 5.12. The van der Waals surface area contributed by atoms with Crippen LogP contribution in [0.25, 0.3) is 0 Å². The Kier molecular flexibility index (Phi) is 3.69. The Morgan fingerprint density at radius 3 is 2.65 bits per heavy atom. The average Bonchev–Trinajstić information content (AvgIpc) is 2.96. The van der Waals surface area contributed by atoms with Gasteiger partial charge in [0.25, 0.3) is 0 Å². The van der Waals surface area contributed by atoms with E-state index < -0.39 is 0 Å². The predicted molar refractivity (Wildman–Crippen MR) is 78.6 cm³/mol. The van der Waals surface area contributed by atoms with E-state index in [0.717, 1.165) is 31.5 Å². The maximum Gasteiger partial charge on any atom is 0.410 e. The Bertz CT molecular complexity index is 377. The van der Waals surface area contributed by atoms with Gasteiger partial charge in [0.2, 0.25) is 0 Å². The Morgan fingerprint density at radius 2 is 1.90 bits per heavy atom. The fourth-order valence-corrected chi connectivity index (χ4v) is 4.20. The van der Waals surface area contributed by atoms with Gasteiger partial charge in [-0.2, -0.15) is 0 Å². The summed E-state index contributed by atoms with van der Waals surface area (Å²) in [5.41, 5.74) is -0.389. The molecule has 1 amide bonds. The van der Waals surface area contributed by atoms with Crippen molar-refractivity contribution in [3.05, 3.63) is 0 Å². The first-order valence-corrected chi connectivity index (χ1v) is 8.16. The van der Waals surface area contributed by atoms with Crippen molar-refractivity contribution in [2.75, 3.05) is 13.1 Å². The number of ether oxygens (including phenoxy) is 1. The lowest BCUT2D eigenvalue weighted by molar-refractivity contribution is 0.0279. The van der Waals surface area contributed by atoms with E-state index in [1.165, 1.54) is 25.7 Å². The highest BCUT2D eigenvalue weighted by molar-refractivity contribution is 5.68. The minimum Gasteiger partial charge on any atom is -0.444 e. The summed E-state index contributed by atoms with van der Waals surface area (Å²) in [5.74, 6) is 1.43. The number of rotatable bonds is 1. The molecule has 3 rings (SSSR count). The van der Waals surface area contributed by atoms with E-state index in [9.17, 15) is 4.79 Å². The number of carbonyl (C=O) groups excluding carboxylic acids is 1. The van der Waals surface area contributed by atoms with Crippen LogP contribution in [0.5, 0.6) is 0 Å². The van der Waals surface area contributed by atoms with Gasteiger partial charge in [0.1, 0.15) is 5.60 Å². The first kappa shape index (κ1) is 14.2. The van der Waals surface area contributed by atoms with Crippen LogP contribution in [0.4, 0.5) is 4.79 Å². The molecule has 0 saturated carbocycles. The summed E-state index contributed by atoms with van der Waals surface area (Å²) in [4.78, 5) is 14.1. The van der Waals surface area contributed by atoms with Gasteiger partial charge in [0.15, 0.2) is 0 Å². The molecule has 20 heavy (non-hydrogen) atoms. The fraction of sp³-hybridized carbons (Fsp3) is 0.938. The van der Waals surface area contributed by atoms with Gasteiger partial charge in [0, 0.05) is 25.2 Å². The Balaban J connectivity index is 1.55. The predicted octanol–water partition coefficient (Wildman–Crippen LogP) is 2.77. The van der Waals surface area contributed by atoms with Crippen molar-refractivity contribution < 1.29 is 9.53 Å². The van der Waals surface area contributed by atoms with E-state index in [2.05, 4.69) is 5.32 Å². The third-order valence-electron chi connectivity index (χ3n) is 5.12. The number of hydrogen-bond donors (Lipinski definition) is 1. The Morgan fingerprint density at radius 1 is 1.15 bits per heavy atom. The molecule has 3 heterocycles. The van der Waals surface area contributed by atoms with Gasteiger partial charge >= 0.3 is 6.09 Å². The van der Waals surface area contributed by atoms with Crippen LogP contribution in [-0.4, -0.2) is 41.8 Å². The zero-order valence-corrected chi connectivity index (χ0v) is 13.0. The smallest absolute Gasteiger partial charge is 0.410 e. The minimum absolute atomic E-state index is 0.131. The van der Waals surface area contributed by atoms with Crippen LogP contribution in [0.3, 0.4) is 0 Å². The maximum absolute atomic E-state index is 12.1. The summed E-state index contributed by atoms with van der Waals surface area (Å²) in [6.45, 7) is 7.56. The summed E-state index contributed by atoms with van der Waals surface area (Å²) in [7, 11) is 0. The molecule has 1 N–H and O–H groups in total. The van der Waals surface area contributed by atoms with Gasteiger partial charge in [-0.25, -0.2) is 4.79 Å². The number of nitrogens with one attached hydrogen (secondary N) is 1. The van der Waals surface area contributed by atoms with Crippen LogP contribution < -0.4 is 5.32 Å². The van der Waals surface area contributed by atoms with Crippen molar-refractivity contribution in [2.24, 2.45) is 11.8 Å². The van der Waals surface area contributed by atoms with E-state index in [-0.39, 0.29) is 11.7 Å². The van der Waals surface area contributed by atoms with Crippen LogP contribution >= 0.6 is 0 Å². The molecule has 4 nitrogen and oxygen atoms in total. The second-order valence-electron chi connectivity index (χ2n) is 7.76. The molecule has 4 heteroatoms. The number of fused-ring (bicyclic) bond motifs is 2. The molecule has 3 saturated heterocycles. The molecule has 0 aromatic carbocycles. The second-order valence-corrected chi connectivity index (χ2v) is 7.76. The zero-order chi connectivity index (χ0) is 14.3. The SMILES string of the molecule is CC(C)(C)OC(=O)N1CCC(C2CCC3CCC2N3)C1. The standard InChI is InChI=1S/C16H28N2O2/c1-16(2,3)20-15(19)18-9-8-11(10-18)13-6-4-12-5-7-14(13)17-12/h11-14,17H,4-10H2,1-3H3. The summed E-state index contributed by atoms with van der Waals surface area (Å²) < 4.78 is 5.49. The number of piperidine rings is 1. The lowest BCUT2D eigenvalue weighted by atomic mass is 9.80. The lowest BCUT2D eigenvalue weighted by Gasteiger charge is -2.34. The molecule has 0 aliphatic carbocycles. The summed E-state index contributed by atoms with van der Waals surface area (Å²) in [5, 5.41) is 3.76. The van der Waals surface area contributed by atoms with Crippen molar-refractivity contribution in [3.8, 4) is 0 Å². The number of hydrogen-bond acceptors (Lipinski definition) is 3. The van der Waals surface area contributed by atoms with Crippen molar-refractivity contribution >= 4 is 6.09 Å². The molecule has 4 atom stereocenters. The van der Waals surface area contributed by atoms with Gasteiger partial charge in [-0.15, -0.1) is 0 Å². The normalized spacial score (nSPS) is 37.2. The van der Waals surface area contributed by atoms with Crippen molar-refractivity contribution in [2.45, 2.75) is 70.6 Å². The minimum atomic E-state index is -0.389. The quantitative estimate of drug-likeness (QED) is 0.803. The van der Waals surface area contributed by atoms with Crippen LogP contribution in [-0.2, 0) is 4.74 Å². The summed E-state index contributed by atoms with van der Waals surface area (Å²) in [6.07, 6.45) is 6.36. The molecule has 4 unspecified atom stereocenters. The van der Waals surface area contributed by atoms with E-state index in [1.54, 1.807) is 0 Å². The molecule has 0 radical (unpaired) electrons. The molecule has 114 valence electrons. The van der Waals surface area contributed by atoms with Crippen LogP contribution in [0, 0.1) is 11.8 Å². The first-order valence-electron chi connectivity index (χ1n) is 8.16. The highest BCUT2D eigenvalue weighted by Crippen LogP contribution is 2.39. The van der Waals surface area contributed by atoms with Gasteiger partial charge in [-0.05, 0) is 64.7 Å². The summed E-state index contributed by atoms with van der Waals surface area (Å²) >= 11 is 0. The molecule has 0 aromatic rings. The van der Waals surface area contributed by atoms with Gasteiger partial charge < -0.3 is 15.0 Å². The monoisotopic (exact) mass is 280 g/mol. The van der Waals surface area contributed by atoms with Crippen LogP contribution in [0.15, 0.2) is 0 Å². The average molecular weight is 280 g/mol. The molecule has 0 aromatic heterocycles. The van der Waals surface area contributed by atoms with E-state index in [4.69, 9.17) is 4.74 Å². The molecule has 0 spiro atoms. The number of nitrogens with zero attached hydrogens (tertiary/aromatic N) is 1. The highest BCUT2D eigenvalue weighted by atomic mass is 16.6. The first-order chi connectivity index (χ1) is 9.42. The van der Waals surface area contributed by atoms with Crippen molar-refractivity contribution in [1.82, 2.24) is 10.2 Å².